The second-order valence-corrected chi connectivity index (χ2v) is 21.1. The third kappa shape index (κ3) is 62.6. The Labute approximate surface area is 483 Å². The highest BCUT2D eigenvalue weighted by atomic mass is 16.3. The second-order valence-electron chi connectivity index (χ2n) is 21.1. The minimum absolute atomic E-state index is 0.103. The Hall–Kier alpha value is -4.25. The van der Waals surface area contributed by atoms with Gasteiger partial charge in [-0.1, -0.05) is 312 Å². The van der Waals surface area contributed by atoms with E-state index in [-0.39, 0.29) is 12.5 Å². The first-order chi connectivity index (χ1) is 38.7. The normalized spacial score (nSPS) is 13.9. The maximum atomic E-state index is 12.5. The number of aliphatic hydroxyl groups excluding tert-OH is 2. The maximum Gasteiger partial charge on any atom is 0.220 e. The fraction of sp³-hybridized carbons (Fsp3) is 0.608. The lowest BCUT2D eigenvalue weighted by Gasteiger charge is -2.19. The summed E-state index contributed by atoms with van der Waals surface area (Å²) in [5.74, 6) is -0.103. The zero-order valence-corrected chi connectivity index (χ0v) is 50.6. The summed E-state index contributed by atoms with van der Waals surface area (Å²) >= 11 is 0. The van der Waals surface area contributed by atoms with Gasteiger partial charge in [-0.15, -0.1) is 0 Å². The Morgan fingerprint density at radius 1 is 0.321 bits per heavy atom. The van der Waals surface area contributed by atoms with Crippen LogP contribution >= 0.6 is 0 Å². The monoisotopic (exact) mass is 1070 g/mol. The number of carbonyl (C=O) groups is 1. The van der Waals surface area contributed by atoms with Gasteiger partial charge in [0.05, 0.1) is 18.8 Å². The van der Waals surface area contributed by atoms with E-state index in [1.807, 2.05) is 6.08 Å². The summed E-state index contributed by atoms with van der Waals surface area (Å²) in [4.78, 5) is 12.5. The molecule has 0 spiro atoms. The highest BCUT2D eigenvalue weighted by Crippen LogP contribution is 2.16. The van der Waals surface area contributed by atoms with Gasteiger partial charge in [-0.2, -0.15) is 0 Å². The van der Waals surface area contributed by atoms with Crippen molar-refractivity contribution in [1.82, 2.24) is 5.32 Å². The minimum atomic E-state index is -0.887. The molecular formula is C74H121NO3. The van der Waals surface area contributed by atoms with Gasteiger partial charge in [-0.25, -0.2) is 0 Å². The third-order valence-electron chi connectivity index (χ3n) is 13.7. The lowest BCUT2D eigenvalue weighted by molar-refractivity contribution is -0.123. The van der Waals surface area contributed by atoms with E-state index in [9.17, 15) is 15.0 Å². The van der Waals surface area contributed by atoms with E-state index in [0.717, 1.165) is 128 Å². The quantitative estimate of drug-likeness (QED) is 0.0420. The first kappa shape index (κ1) is 73.8. The highest BCUT2D eigenvalue weighted by Gasteiger charge is 2.18. The molecule has 0 aromatic rings. The van der Waals surface area contributed by atoms with Gasteiger partial charge >= 0.3 is 0 Å². The fourth-order valence-electron chi connectivity index (χ4n) is 8.82. The van der Waals surface area contributed by atoms with Crippen LogP contribution in [0.15, 0.2) is 170 Å². The molecule has 0 heterocycles. The van der Waals surface area contributed by atoms with Crippen molar-refractivity contribution < 1.29 is 15.0 Å². The van der Waals surface area contributed by atoms with E-state index >= 15 is 0 Å². The van der Waals surface area contributed by atoms with Crippen molar-refractivity contribution in [1.29, 1.82) is 0 Å². The van der Waals surface area contributed by atoms with Gasteiger partial charge in [0.25, 0.3) is 0 Å². The maximum absolute atomic E-state index is 12.5. The first-order valence-corrected chi connectivity index (χ1v) is 32.3. The molecule has 1 amide bonds. The Kier molecular flexibility index (Phi) is 63.4. The van der Waals surface area contributed by atoms with Crippen molar-refractivity contribution in [3.63, 3.8) is 0 Å². The molecule has 0 saturated heterocycles. The predicted octanol–water partition coefficient (Wildman–Crippen LogP) is 22.3. The number of unbranched alkanes of at least 4 members (excludes halogenated alkanes) is 24. The molecule has 0 radical (unpaired) electrons. The predicted molar refractivity (Wildman–Crippen MR) is 349 cm³/mol. The van der Waals surface area contributed by atoms with Crippen molar-refractivity contribution in [2.45, 2.75) is 283 Å². The van der Waals surface area contributed by atoms with Crippen molar-refractivity contribution in [2.24, 2.45) is 0 Å². The third-order valence-corrected chi connectivity index (χ3v) is 13.7. The number of rotatable bonds is 57. The van der Waals surface area contributed by atoms with Crippen LogP contribution in [-0.2, 0) is 4.79 Å². The molecule has 4 heteroatoms. The summed E-state index contributed by atoms with van der Waals surface area (Å²) in [7, 11) is 0. The molecule has 3 N–H and O–H groups in total. The molecule has 0 bridgehead atoms. The van der Waals surface area contributed by atoms with E-state index in [0.29, 0.717) is 6.42 Å². The van der Waals surface area contributed by atoms with E-state index in [4.69, 9.17) is 0 Å². The molecule has 78 heavy (non-hydrogen) atoms. The molecule has 2 atom stereocenters. The molecule has 0 aliphatic rings. The number of hydrogen-bond donors (Lipinski definition) is 3. The van der Waals surface area contributed by atoms with Gasteiger partial charge in [0.15, 0.2) is 0 Å². The van der Waals surface area contributed by atoms with Crippen LogP contribution in [-0.4, -0.2) is 34.9 Å². The largest absolute Gasteiger partial charge is 0.394 e. The zero-order chi connectivity index (χ0) is 56.2. The summed E-state index contributed by atoms with van der Waals surface area (Å²) in [6.45, 7) is 4.18. The summed E-state index contributed by atoms with van der Waals surface area (Å²) in [6.07, 6.45) is 108. The van der Waals surface area contributed by atoms with Crippen LogP contribution in [0.1, 0.15) is 271 Å². The van der Waals surface area contributed by atoms with Gasteiger partial charge in [0.1, 0.15) is 0 Å². The molecule has 0 aliphatic carbocycles. The molecule has 0 aromatic heterocycles. The smallest absolute Gasteiger partial charge is 0.220 e. The Bertz CT molecular complexity index is 1690. The van der Waals surface area contributed by atoms with Crippen LogP contribution in [0.25, 0.3) is 0 Å². The van der Waals surface area contributed by atoms with Gasteiger partial charge in [0, 0.05) is 6.42 Å². The summed E-state index contributed by atoms with van der Waals surface area (Å²) < 4.78 is 0. The molecule has 0 aromatic carbocycles. The number of amides is 1. The molecule has 4 nitrogen and oxygen atoms in total. The average Bonchev–Trinajstić information content (AvgIpc) is 3.44. The van der Waals surface area contributed by atoms with E-state index < -0.39 is 12.1 Å². The summed E-state index contributed by atoms with van der Waals surface area (Å²) in [6, 6.07) is -0.667. The van der Waals surface area contributed by atoms with Gasteiger partial charge < -0.3 is 15.5 Å². The molecule has 0 fully saturated rings. The molecule has 0 rings (SSSR count). The molecule has 0 saturated carbocycles. The topological polar surface area (TPSA) is 69.6 Å². The zero-order valence-electron chi connectivity index (χ0n) is 50.6. The van der Waals surface area contributed by atoms with Crippen molar-refractivity contribution in [2.75, 3.05) is 6.61 Å². The van der Waals surface area contributed by atoms with Crippen LogP contribution < -0.4 is 5.32 Å². The van der Waals surface area contributed by atoms with Crippen molar-refractivity contribution in [3.05, 3.63) is 170 Å². The Morgan fingerprint density at radius 3 is 0.897 bits per heavy atom. The SMILES string of the molecule is CC/C=C\C/C=C\C/C=C\C/C=C\C/C=C\C/C=C\C/C=C\C/C=C\C/C=C\C/C=C\C/C=C\C/C=C\CCCCCCC(=O)NC(CO)C(O)/C=C/CC/C=C/CCCCCCCCCCCCCCCCCCCCC. The van der Waals surface area contributed by atoms with Crippen molar-refractivity contribution >= 4 is 5.91 Å². The molecule has 2 unspecified atom stereocenters. The lowest BCUT2D eigenvalue weighted by atomic mass is 10.0. The second kappa shape index (κ2) is 67.0. The molecule has 440 valence electrons. The number of nitrogens with one attached hydrogen (secondary N) is 1. The number of allylic oxidation sites excluding steroid dienone is 27. The standard InChI is InChI=1S/C74H121NO3/c1-3-5-7-9-11-13-15-17-19-21-23-25-27-29-30-31-32-33-34-35-36-37-38-39-40-41-42-43-44-46-48-50-52-54-56-58-60-62-64-66-68-70-74(78)75-72(71-76)73(77)69-67-65-63-61-59-57-55-53-51-49-47-45-28-26-24-22-20-18-16-14-12-10-8-6-4-2/h5,7,11,13,17,19,23,25,29-30,32-33,35-36,38-39,41-42,44,46,50,52,56,58-59,61,67,69,72-73,76-77H,3-4,6,8-10,12,14-16,18,20-22,24,26-28,31,34,37,40,43,45,47-49,51,53-55,57,60,62-66,68,70-71H2,1-2H3,(H,75,78)/b7-5-,13-11-,19-17-,25-23-,30-29-,33-32-,36-35-,39-38-,42-41-,46-44-,52-50-,58-56-,61-59+,69-67+. The van der Waals surface area contributed by atoms with Crippen molar-refractivity contribution in [3.8, 4) is 0 Å². The van der Waals surface area contributed by atoms with E-state index in [1.54, 1.807) is 6.08 Å². The number of aliphatic hydroxyl groups is 2. The van der Waals surface area contributed by atoms with Crippen LogP contribution in [0.5, 0.6) is 0 Å². The van der Waals surface area contributed by atoms with Gasteiger partial charge in [-0.3, -0.25) is 4.79 Å². The Balaban J connectivity index is 3.70. The van der Waals surface area contributed by atoms with Gasteiger partial charge in [-0.05, 0) is 122 Å². The van der Waals surface area contributed by atoms with E-state index in [1.165, 1.54) is 122 Å². The summed E-state index contributed by atoms with van der Waals surface area (Å²) in [5, 5.41) is 23.2. The lowest BCUT2D eigenvalue weighted by Crippen LogP contribution is -2.45. The number of carbonyl (C=O) groups excluding carboxylic acids is 1. The van der Waals surface area contributed by atoms with Crippen LogP contribution in [0.4, 0.5) is 0 Å². The highest BCUT2D eigenvalue weighted by molar-refractivity contribution is 5.76. The average molecular weight is 1070 g/mol. The van der Waals surface area contributed by atoms with Crippen LogP contribution in [0.2, 0.25) is 0 Å². The molecular weight excluding hydrogens is 951 g/mol. The summed E-state index contributed by atoms with van der Waals surface area (Å²) in [5.41, 5.74) is 0. The van der Waals surface area contributed by atoms with Gasteiger partial charge in [0.2, 0.25) is 5.91 Å². The molecule has 0 aliphatic heterocycles. The van der Waals surface area contributed by atoms with Crippen LogP contribution in [0.3, 0.4) is 0 Å². The fourth-order valence-corrected chi connectivity index (χ4v) is 8.82. The van der Waals surface area contributed by atoms with Crippen LogP contribution in [0, 0.1) is 0 Å². The number of hydrogen-bond acceptors (Lipinski definition) is 3. The minimum Gasteiger partial charge on any atom is -0.394 e. The first-order valence-electron chi connectivity index (χ1n) is 32.3. The Morgan fingerprint density at radius 2 is 0.577 bits per heavy atom. The van der Waals surface area contributed by atoms with E-state index in [2.05, 4.69) is 177 Å².